The van der Waals surface area contributed by atoms with Gasteiger partial charge in [-0.15, -0.1) is 10.2 Å². The molecule has 0 N–H and O–H groups in total. The first-order valence-electron chi connectivity index (χ1n) is 11.3. The summed E-state index contributed by atoms with van der Waals surface area (Å²) in [6.45, 7) is 6.91. The van der Waals surface area contributed by atoms with Crippen molar-refractivity contribution in [3.63, 3.8) is 0 Å². The molecule has 1 aromatic carbocycles. The lowest BCUT2D eigenvalue weighted by Gasteiger charge is -2.26. The number of hydrogen-bond donors (Lipinski definition) is 0. The van der Waals surface area contributed by atoms with Crippen molar-refractivity contribution in [1.82, 2.24) is 24.0 Å². The zero-order chi connectivity index (χ0) is 23.1. The highest BCUT2D eigenvalue weighted by Crippen LogP contribution is 2.28. The molecule has 8 nitrogen and oxygen atoms in total. The van der Waals surface area contributed by atoms with Crippen LogP contribution in [0.15, 0.2) is 34.3 Å². The predicted molar refractivity (Wildman–Crippen MR) is 127 cm³/mol. The van der Waals surface area contributed by atoms with Crippen LogP contribution in [0.1, 0.15) is 50.5 Å². The van der Waals surface area contributed by atoms with Crippen molar-refractivity contribution in [3.05, 3.63) is 35.7 Å². The fourth-order valence-electron chi connectivity index (χ4n) is 3.84. The smallest absolute Gasteiger partial charge is 0.243 e. The van der Waals surface area contributed by atoms with Crippen LogP contribution in [-0.2, 0) is 27.1 Å². The minimum absolute atomic E-state index is 0.218. The Balaban J connectivity index is 1.78. The fraction of sp³-hybridized carbons (Fsp3) is 0.636. The summed E-state index contributed by atoms with van der Waals surface area (Å²) < 4.78 is 35.0. The van der Waals surface area contributed by atoms with Crippen LogP contribution in [0.25, 0.3) is 0 Å². The Morgan fingerprint density at radius 3 is 2.59 bits per heavy atom. The number of nitrogens with zero attached hydrogens (tertiary/aromatic N) is 5. The third-order valence-electron chi connectivity index (χ3n) is 5.66. The zero-order valence-electron chi connectivity index (χ0n) is 19.5. The molecule has 1 atom stereocenters. The van der Waals surface area contributed by atoms with Gasteiger partial charge >= 0.3 is 0 Å². The molecule has 1 aliphatic rings. The van der Waals surface area contributed by atoms with Crippen molar-refractivity contribution >= 4 is 21.8 Å². The highest BCUT2D eigenvalue weighted by atomic mass is 32.2. The Kier molecular flexibility index (Phi) is 9.13. The quantitative estimate of drug-likeness (QED) is 0.455. The molecule has 178 valence electrons. The summed E-state index contributed by atoms with van der Waals surface area (Å²) in [5.41, 5.74) is 0.954. The summed E-state index contributed by atoms with van der Waals surface area (Å²) in [6, 6.07) is 7.45. The van der Waals surface area contributed by atoms with Gasteiger partial charge < -0.3 is 9.30 Å². The van der Waals surface area contributed by atoms with Gasteiger partial charge in [0.15, 0.2) is 11.0 Å². The molecule has 0 saturated carbocycles. The van der Waals surface area contributed by atoms with E-state index < -0.39 is 10.0 Å². The second-order valence-corrected chi connectivity index (χ2v) is 11.1. The molecule has 3 rings (SSSR count). The average Bonchev–Trinajstić information content (AvgIpc) is 3.19. The molecular weight excluding hydrogens is 446 g/mol. The molecular formula is C22H35N5O3S2. The van der Waals surface area contributed by atoms with Crippen LogP contribution in [0, 0.1) is 0 Å². The van der Waals surface area contributed by atoms with E-state index in [-0.39, 0.29) is 6.04 Å². The Bertz CT molecular complexity index is 972. The van der Waals surface area contributed by atoms with Gasteiger partial charge in [-0.3, -0.25) is 4.90 Å². The van der Waals surface area contributed by atoms with Gasteiger partial charge in [0.25, 0.3) is 0 Å². The maximum absolute atomic E-state index is 13.0. The van der Waals surface area contributed by atoms with Crippen molar-refractivity contribution in [3.8, 4) is 0 Å². The highest BCUT2D eigenvalue weighted by Gasteiger charge is 2.26. The van der Waals surface area contributed by atoms with E-state index in [9.17, 15) is 8.42 Å². The van der Waals surface area contributed by atoms with Crippen LogP contribution in [-0.4, -0.2) is 72.8 Å². The third-order valence-corrected chi connectivity index (χ3v) is 8.60. The Morgan fingerprint density at radius 1 is 1.19 bits per heavy atom. The van der Waals surface area contributed by atoms with Gasteiger partial charge in [-0.2, -0.15) is 4.31 Å². The maximum atomic E-state index is 13.0. The summed E-state index contributed by atoms with van der Waals surface area (Å²) in [4.78, 5) is 2.52. The maximum Gasteiger partial charge on any atom is 0.243 e. The van der Waals surface area contributed by atoms with E-state index >= 15 is 0 Å². The van der Waals surface area contributed by atoms with E-state index in [0.29, 0.717) is 37.0 Å². The SMILES string of the molecule is CCCCn1c(SCc2cccc(S(=O)(=O)N3CCOCC3)c2)nnc1C(CC)N(C)C. The molecule has 0 aliphatic carbocycles. The monoisotopic (exact) mass is 481 g/mol. The van der Waals surface area contributed by atoms with Gasteiger partial charge in [-0.25, -0.2) is 8.42 Å². The first kappa shape index (κ1) is 25.2. The van der Waals surface area contributed by atoms with E-state index in [1.165, 1.54) is 4.31 Å². The number of sulfonamides is 1. The second-order valence-electron chi connectivity index (χ2n) is 8.19. The van der Waals surface area contributed by atoms with Crippen LogP contribution in [0.5, 0.6) is 0 Å². The standard InChI is InChI=1S/C22H35N5O3S2/c1-5-7-11-27-21(20(6-2)25(3)4)23-24-22(27)31-17-18-9-8-10-19(16-18)32(28,29)26-12-14-30-15-13-26/h8-10,16,20H,5-7,11-15,17H2,1-4H3. The molecule has 0 radical (unpaired) electrons. The number of benzene rings is 1. The van der Waals surface area contributed by atoms with Crippen LogP contribution < -0.4 is 0 Å². The molecule has 1 aliphatic heterocycles. The zero-order valence-corrected chi connectivity index (χ0v) is 21.2. The lowest BCUT2D eigenvalue weighted by Crippen LogP contribution is -2.40. The normalized spacial score (nSPS) is 16.5. The van der Waals surface area contributed by atoms with E-state index in [4.69, 9.17) is 4.74 Å². The molecule has 1 saturated heterocycles. The summed E-state index contributed by atoms with van der Waals surface area (Å²) in [6.07, 6.45) is 3.13. The average molecular weight is 482 g/mol. The van der Waals surface area contributed by atoms with E-state index in [1.807, 2.05) is 12.1 Å². The van der Waals surface area contributed by atoms with Gasteiger partial charge in [-0.1, -0.05) is 44.2 Å². The topological polar surface area (TPSA) is 80.6 Å². The molecule has 1 fully saturated rings. The first-order valence-corrected chi connectivity index (χ1v) is 13.7. The molecule has 32 heavy (non-hydrogen) atoms. The van der Waals surface area contributed by atoms with Crippen molar-refractivity contribution in [1.29, 1.82) is 0 Å². The number of morpholine rings is 1. The van der Waals surface area contributed by atoms with Crippen LogP contribution in [0.4, 0.5) is 0 Å². The Labute approximate surface area is 196 Å². The molecule has 10 heteroatoms. The molecule has 1 aromatic heterocycles. The van der Waals surface area contributed by atoms with Crippen molar-refractivity contribution in [2.45, 2.75) is 61.5 Å². The highest BCUT2D eigenvalue weighted by molar-refractivity contribution is 7.98. The predicted octanol–water partition coefficient (Wildman–Crippen LogP) is 3.40. The van der Waals surface area contributed by atoms with Gasteiger partial charge in [0.2, 0.25) is 10.0 Å². The number of thioether (sulfide) groups is 1. The van der Waals surface area contributed by atoms with E-state index in [2.05, 4.69) is 47.6 Å². The summed E-state index contributed by atoms with van der Waals surface area (Å²) in [5.74, 6) is 1.63. The van der Waals surface area contributed by atoms with Gasteiger partial charge in [0.1, 0.15) is 0 Å². The number of rotatable bonds is 11. The molecule has 0 amide bonds. The molecule has 0 bridgehead atoms. The van der Waals surface area contributed by atoms with Crippen molar-refractivity contribution in [2.75, 3.05) is 40.4 Å². The molecule has 0 spiro atoms. The molecule has 2 heterocycles. The second kappa shape index (κ2) is 11.6. The van der Waals surface area contributed by atoms with Gasteiger partial charge in [0.05, 0.1) is 24.2 Å². The van der Waals surface area contributed by atoms with Gasteiger partial charge in [-0.05, 0) is 44.6 Å². The van der Waals surface area contributed by atoms with E-state index in [1.54, 1.807) is 23.9 Å². The van der Waals surface area contributed by atoms with Crippen molar-refractivity contribution < 1.29 is 13.2 Å². The Morgan fingerprint density at radius 2 is 1.94 bits per heavy atom. The van der Waals surface area contributed by atoms with Crippen LogP contribution >= 0.6 is 11.8 Å². The summed E-state index contributed by atoms with van der Waals surface area (Å²) in [7, 11) is 0.637. The number of unbranched alkanes of at least 4 members (excludes halogenated alkanes) is 1. The molecule has 1 unspecified atom stereocenters. The Hall–Kier alpha value is -1.46. The molecule has 2 aromatic rings. The summed E-state index contributed by atoms with van der Waals surface area (Å²) >= 11 is 1.61. The van der Waals surface area contributed by atoms with E-state index in [0.717, 1.165) is 42.4 Å². The van der Waals surface area contributed by atoms with Crippen LogP contribution in [0.3, 0.4) is 0 Å². The minimum atomic E-state index is -3.50. The summed E-state index contributed by atoms with van der Waals surface area (Å²) in [5, 5.41) is 9.90. The third kappa shape index (κ3) is 5.91. The van der Waals surface area contributed by atoms with Crippen LogP contribution in [0.2, 0.25) is 0 Å². The number of ether oxygens (including phenoxy) is 1. The lowest BCUT2D eigenvalue weighted by atomic mass is 10.2. The largest absolute Gasteiger partial charge is 0.379 e. The minimum Gasteiger partial charge on any atom is -0.379 e. The first-order chi connectivity index (χ1) is 15.4. The lowest BCUT2D eigenvalue weighted by molar-refractivity contribution is 0.0730. The number of aromatic nitrogens is 3. The fourth-order valence-corrected chi connectivity index (χ4v) is 6.23. The van der Waals surface area contributed by atoms with Crippen molar-refractivity contribution in [2.24, 2.45) is 0 Å². The van der Waals surface area contributed by atoms with Gasteiger partial charge in [0, 0.05) is 25.4 Å². The number of hydrogen-bond acceptors (Lipinski definition) is 7.